The van der Waals surface area contributed by atoms with Crippen LogP contribution in [0.15, 0.2) is 54.6 Å². The number of amides is 1. The molecule has 0 spiro atoms. The molecule has 1 N–H and O–H groups in total. The molecular weight excluding hydrogens is 346 g/mol. The van der Waals surface area contributed by atoms with Gasteiger partial charge in [0.1, 0.15) is 0 Å². The summed E-state index contributed by atoms with van der Waals surface area (Å²) in [6, 6.07) is 17.8. The van der Waals surface area contributed by atoms with Crippen molar-refractivity contribution < 1.29 is 4.79 Å². The number of hydrogen-bond donors (Lipinski definition) is 1. The van der Waals surface area contributed by atoms with Gasteiger partial charge in [0.15, 0.2) is 0 Å². The maximum absolute atomic E-state index is 12.5. The van der Waals surface area contributed by atoms with Crippen molar-refractivity contribution in [3.63, 3.8) is 0 Å². The van der Waals surface area contributed by atoms with Crippen molar-refractivity contribution in [1.82, 2.24) is 9.80 Å². The van der Waals surface area contributed by atoms with E-state index >= 15 is 0 Å². The van der Waals surface area contributed by atoms with Crippen molar-refractivity contribution in [1.29, 1.82) is 0 Å². The number of hydrogen-bond acceptors (Lipinski definition) is 3. The van der Waals surface area contributed by atoms with Crippen LogP contribution in [0.1, 0.15) is 12.5 Å². The average Bonchev–Trinajstić information content (AvgIpc) is 2.69. The zero-order valence-corrected chi connectivity index (χ0v) is 16.0. The highest BCUT2D eigenvalue weighted by Gasteiger charge is 2.25. The van der Waals surface area contributed by atoms with E-state index in [4.69, 9.17) is 11.6 Å². The number of rotatable bonds is 6. The lowest BCUT2D eigenvalue weighted by Gasteiger charge is -2.37. The molecule has 1 amide bonds. The summed E-state index contributed by atoms with van der Waals surface area (Å²) in [7, 11) is 0. The van der Waals surface area contributed by atoms with Crippen molar-refractivity contribution >= 4 is 23.2 Å². The van der Waals surface area contributed by atoms with Crippen molar-refractivity contribution in [2.45, 2.75) is 19.4 Å². The first-order valence-electron chi connectivity index (χ1n) is 9.19. The van der Waals surface area contributed by atoms with Crippen LogP contribution in [-0.4, -0.2) is 54.5 Å². The molecule has 5 heteroatoms. The number of benzene rings is 2. The molecule has 1 aliphatic heterocycles. The normalized spacial score (nSPS) is 17.0. The first kappa shape index (κ1) is 18.9. The van der Waals surface area contributed by atoms with E-state index in [0.717, 1.165) is 39.1 Å². The first-order chi connectivity index (χ1) is 12.6. The molecule has 1 saturated heterocycles. The summed E-state index contributed by atoms with van der Waals surface area (Å²) in [6.45, 7) is 6.84. The average molecular weight is 372 g/mol. The van der Waals surface area contributed by atoms with Gasteiger partial charge in [0.05, 0.1) is 16.8 Å². The number of nitrogens with zero attached hydrogens (tertiary/aromatic N) is 2. The molecule has 0 saturated carbocycles. The molecule has 4 nitrogen and oxygen atoms in total. The third-order valence-corrected chi connectivity index (χ3v) is 5.35. The Morgan fingerprint density at radius 2 is 1.69 bits per heavy atom. The summed E-state index contributed by atoms with van der Waals surface area (Å²) in [6.07, 6.45) is 1.07. The highest BCUT2D eigenvalue weighted by atomic mass is 35.5. The molecule has 1 atom stereocenters. The number of halogens is 1. The van der Waals surface area contributed by atoms with E-state index in [0.29, 0.717) is 10.7 Å². The maximum Gasteiger partial charge on any atom is 0.241 e. The second-order valence-electron chi connectivity index (χ2n) is 6.76. The number of piperazine rings is 1. The molecule has 0 radical (unpaired) electrons. The summed E-state index contributed by atoms with van der Waals surface area (Å²) in [4.78, 5) is 17.2. The molecule has 1 heterocycles. The predicted octanol–water partition coefficient (Wildman–Crippen LogP) is 3.53. The molecule has 26 heavy (non-hydrogen) atoms. The molecule has 2 aromatic rings. The molecule has 3 rings (SSSR count). The Bertz CT molecular complexity index is 714. The van der Waals surface area contributed by atoms with Crippen LogP contribution in [0.5, 0.6) is 0 Å². The zero-order chi connectivity index (χ0) is 18.4. The maximum atomic E-state index is 12.5. The van der Waals surface area contributed by atoms with Gasteiger partial charge in [0.2, 0.25) is 5.91 Å². The Balaban J connectivity index is 1.45. The monoisotopic (exact) mass is 371 g/mol. The van der Waals surface area contributed by atoms with Crippen molar-refractivity contribution in [2.24, 2.45) is 0 Å². The Hall–Kier alpha value is -1.88. The van der Waals surface area contributed by atoms with Gasteiger partial charge < -0.3 is 10.2 Å². The third-order valence-electron chi connectivity index (χ3n) is 5.03. The van der Waals surface area contributed by atoms with E-state index in [-0.39, 0.29) is 11.9 Å². The van der Waals surface area contributed by atoms with E-state index in [1.165, 1.54) is 5.56 Å². The Morgan fingerprint density at radius 1 is 1.04 bits per heavy atom. The fraction of sp³-hybridized carbons (Fsp3) is 0.381. The quantitative estimate of drug-likeness (QED) is 0.843. The lowest BCUT2D eigenvalue weighted by molar-refractivity contribution is -0.121. The van der Waals surface area contributed by atoms with Gasteiger partial charge in [0.25, 0.3) is 0 Å². The Kier molecular flexibility index (Phi) is 6.67. The first-order valence-corrected chi connectivity index (χ1v) is 9.57. The van der Waals surface area contributed by atoms with E-state index in [9.17, 15) is 4.79 Å². The molecule has 2 aromatic carbocycles. The van der Waals surface area contributed by atoms with Gasteiger partial charge in [0, 0.05) is 32.7 Å². The predicted molar refractivity (Wildman–Crippen MR) is 108 cm³/mol. The van der Waals surface area contributed by atoms with Gasteiger partial charge in [-0.1, -0.05) is 54.1 Å². The molecule has 0 bridgehead atoms. The summed E-state index contributed by atoms with van der Waals surface area (Å²) in [5.74, 6) is -0.00386. The van der Waals surface area contributed by atoms with E-state index in [2.05, 4.69) is 45.4 Å². The second kappa shape index (κ2) is 9.17. The standard InChI is InChI=1S/C21H26ClN3O/c1-17(21(26)23-20-10-6-5-9-19(20)22)25-15-13-24(14-16-25)12-11-18-7-3-2-4-8-18/h2-10,17H,11-16H2,1H3,(H,23,26). The van der Waals surface area contributed by atoms with Crippen LogP contribution in [0.4, 0.5) is 5.69 Å². The molecule has 1 fully saturated rings. The Morgan fingerprint density at radius 3 is 2.38 bits per heavy atom. The van der Waals surface area contributed by atoms with Gasteiger partial charge in [-0.3, -0.25) is 9.69 Å². The number of para-hydroxylation sites is 1. The summed E-state index contributed by atoms with van der Waals surface area (Å²) < 4.78 is 0. The highest BCUT2D eigenvalue weighted by molar-refractivity contribution is 6.33. The van der Waals surface area contributed by atoms with Crippen LogP contribution in [0, 0.1) is 0 Å². The lowest BCUT2D eigenvalue weighted by Crippen LogP contribution is -2.53. The number of carbonyl (C=O) groups excluding carboxylic acids is 1. The van der Waals surface area contributed by atoms with Crippen molar-refractivity contribution in [3.05, 3.63) is 65.2 Å². The van der Waals surface area contributed by atoms with Crippen molar-refractivity contribution in [3.8, 4) is 0 Å². The van der Waals surface area contributed by atoms with Crippen LogP contribution in [0.2, 0.25) is 5.02 Å². The minimum absolute atomic E-state index is 0.00386. The minimum Gasteiger partial charge on any atom is -0.323 e. The molecule has 1 aliphatic rings. The van der Waals surface area contributed by atoms with Crippen molar-refractivity contribution in [2.75, 3.05) is 38.0 Å². The van der Waals surface area contributed by atoms with Crippen LogP contribution in [-0.2, 0) is 11.2 Å². The molecule has 0 aliphatic carbocycles. The van der Waals surface area contributed by atoms with Gasteiger partial charge in [-0.15, -0.1) is 0 Å². The van der Waals surface area contributed by atoms with Gasteiger partial charge in [-0.05, 0) is 31.0 Å². The minimum atomic E-state index is -0.164. The molecule has 0 aromatic heterocycles. The zero-order valence-electron chi connectivity index (χ0n) is 15.2. The highest BCUT2D eigenvalue weighted by Crippen LogP contribution is 2.21. The van der Waals surface area contributed by atoms with Gasteiger partial charge in [-0.25, -0.2) is 0 Å². The molecule has 1 unspecified atom stereocenters. The van der Waals surface area contributed by atoms with Gasteiger partial charge in [-0.2, -0.15) is 0 Å². The fourth-order valence-electron chi connectivity index (χ4n) is 3.27. The molecule has 138 valence electrons. The van der Waals surface area contributed by atoms with Crippen LogP contribution >= 0.6 is 11.6 Å². The van der Waals surface area contributed by atoms with Gasteiger partial charge >= 0.3 is 0 Å². The summed E-state index contributed by atoms with van der Waals surface area (Å²) in [5.41, 5.74) is 2.05. The fourth-order valence-corrected chi connectivity index (χ4v) is 3.45. The number of anilines is 1. The molecular formula is C21H26ClN3O. The van der Waals surface area contributed by atoms with E-state index in [1.807, 2.05) is 25.1 Å². The third kappa shape index (κ3) is 5.07. The van der Waals surface area contributed by atoms with Crippen LogP contribution in [0.25, 0.3) is 0 Å². The SMILES string of the molecule is CC(C(=O)Nc1ccccc1Cl)N1CCN(CCc2ccccc2)CC1. The topological polar surface area (TPSA) is 35.6 Å². The number of carbonyl (C=O) groups is 1. The van der Waals surface area contributed by atoms with E-state index < -0.39 is 0 Å². The summed E-state index contributed by atoms with van der Waals surface area (Å²) in [5, 5.41) is 3.51. The summed E-state index contributed by atoms with van der Waals surface area (Å²) >= 11 is 6.13. The van der Waals surface area contributed by atoms with Crippen LogP contribution in [0.3, 0.4) is 0 Å². The smallest absolute Gasteiger partial charge is 0.241 e. The van der Waals surface area contributed by atoms with E-state index in [1.54, 1.807) is 6.07 Å². The second-order valence-corrected chi connectivity index (χ2v) is 7.17. The Labute approximate surface area is 160 Å². The number of nitrogens with one attached hydrogen (secondary N) is 1. The van der Waals surface area contributed by atoms with Crippen LogP contribution < -0.4 is 5.32 Å². The largest absolute Gasteiger partial charge is 0.323 e. The lowest BCUT2D eigenvalue weighted by atomic mass is 10.1.